The zero-order chi connectivity index (χ0) is 26.4. The summed E-state index contributed by atoms with van der Waals surface area (Å²) in [6.07, 6.45) is 4.41. The second-order valence-corrected chi connectivity index (χ2v) is 9.36. The van der Waals surface area contributed by atoms with Gasteiger partial charge in [-0.3, -0.25) is 19.5 Å². The Hall–Kier alpha value is -3.91. The minimum atomic E-state index is -0.114. The first-order chi connectivity index (χ1) is 17.8. The fourth-order valence-corrected chi connectivity index (χ4v) is 4.21. The zero-order valence-electron chi connectivity index (χ0n) is 21.9. The summed E-state index contributed by atoms with van der Waals surface area (Å²) in [7, 11) is 3.57. The molecule has 0 saturated heterocycles. The summed E-state index contributed by atoms with van der Waals surface area (Å²) in [6, 6.07) is 15.0. The highest BCUT2D eigenvalue weighted by Gasteiger charge is 2.18. The van der Waals surface area contributed by atoms with Crippen molar-refractivity contribution in [2.24, 2.45) is 7.05 Å². The molecule has 0 bridgehead atoms. The fraction of sp³-hybridized carbons (Fsp3) is 0.345. The molecule has 0 spiro atoms. The largest absolute Gasteiger partial charge is 0.494 e. The smallest absolute Gasteiger partial charge is 0.289 e. The summed E-state index contributed by atoms with van der Waals surface area (Å²) < 4.78 is 13.3. The lowest BCUT2D eigenvalue weighted by molar-refractivity contribution is 0.0742. The number of ether oxygens (including phenoxy) is 1. The third-order valence-electron chi connectivity index (χ3n) is 6.61. The van der Waals surface area contributed by atoms with Gasteiger partial charge in [0.15, 0.2) is 5.76 Å². The Morgan fingerprint density at radius 2 is 1.81 bits per heavy atom. The van der Waals surface area contributed by atoms with Crippen LogP contribution in [0, 0.1) is 13.8 Å². The van der Waals surface area contributed by atoms with Gasteiger partial charge in [-0.05, 0) is 73.9 Å². The lowest BCUT2D eigenvalue weighted by atomic mass is 10.2. The van der Waals surface area contributed by atoms with Gasteiger partial charge in [0, 0.05) is 64.1 Å². The number of rotatable bonds is 11. The normalized spacial score (nSPS) is 11.3. The predicted molar refractivity (Wildman–Crippen MR) is 144 cm³/mol. The number of furan rings is 1. The van der Waals surface area contributed by atoms with Crippen LogP contribution in [0.15, 0.2) is 70.1 Å². The van der Waals surface area contributed by atoms with E-state index >= 15 is 0 Å². The molecule has 0 unspecified atom stereocenters. The van der Waals surface area contributed by atoms with Crippen molar-refractivity contribution in [1.82, 2.24) is 19.4 Å². The van der Waals surface area contributed by atoms with Crippen LogP contribution in [0.5, 0.6) is 5.75 Å². The third-order valence-corrected chi connectivity index (χ3v) is 6.61. The maximum absolute atomic E-state index is 12.8. The molecule has 0 aliphatic carbocycles. The van der Waals surface area contributed by atoms with Crippen LogP contribution in [0.2, 0.25) is 0 Å². The molecule has 0 atom stereocenters. The number of hydrogen-bond donors (Lipinski definition) is 0. The van der Waals surface area contributed by atoms with Gasteiger partial charge in [-0.15, -0.1) is 0 Å². The molecule has 3 heterocycles. The maximum Gasteiger partial charge on any atom is 0.289 e. The van der Waals surface area contributed by atoms with E-state index in [0.29, 0.717) is 25.5 Å². The molecule has 0 saturated carbocycles. The summed E-state index contributed by atoms with van der Waals surface area (Å²) in [5, 5.41) is 0.966. The summed E-state index contributed by atoms with van der Waals surface area (Å²) in [5.74, 6) is 1.81. The van der Waals surface area contributed by atoms with Crippen molar-refractivity contribution in [3.63, 3.8) is 0 Å². The van der Waals surface area contributed by atoms with Crippen LogP contribution in [0.4, 0.5) is 0 Å². The van der Waals surface area contributed by atoms with Gasteiger partial charge in [-0.2, -0.15) is 0 Å². The summed E-state index contributed by atoms with van der Waals surface area (Å²) >= 11 is 0. The van der Waals surface area contributed by atoms with Gasteiger partial charge in [0.2, 0.25) is 0 Å². The van der Waals surface area contributed by atoms with Gasteiger partial charge in [-0.25, -0.2) is 0 Å². The van der Waals surface area contributed by atoms with Gasteiger partial charge in [0.1, 0.15) is 11.5 Å². The molecule has 4 rings (SSSR count). The summed E-state index contributed by atoms with van der Waals surface area (Å²) in [6.45, 7) is 7.22. The van der Waals surface area contributed by atoms with Crippen molar-refractivity contribution in [2.45, 2.75) is 26.8 Å². The zero-order valence-corrected chi connectivity index (χ0v) is 21.9. The van der Waals surface area contributed by atoms with Crippen LogP contribution in [0.25, 0.3) is 10.9 Å². The third kappa shape index (κ3) is 6.65. The molecular weight excluding hydrogens is 468 g/mol. The first kappa shape index (κ1) is 26.2. The SMILES string of the molecule is Cc1cc(C(=O)N(C)CCN(CCCOc2ccc3c(ccc(=O)n3C)c2)Cc2ccncc2)oc1C. The van der Waals surface area contributed by atoms with Crippen LogP contribution in [0.3, 0.4) is 0 Å². The fourth-order valence-electron chi connectivity index (χ4n) is 4.21. The summed E-state index contributed by atoms with van der Waals surface area (Å²) in [4.78, 5) is 32.8. The summed E-state index contributed by atoms with van der Waals surface area (Å²) in [5.41, 5.74) is 2.99. The monoisotopic (exact) mass is 502 g/mol. The van der Waals surface area contributed by atoms with E-state index in [4.69, 9.17) is 9.15 Å². The van der Waals surface area contributed by atoms with Crippen LogP contribution in [0.1, 0.15) is 33.9 Å². The molecule has 37 heavy (non-hydrogen) atoms. The van der Waals surface area contributed by atoms with Crippen LogP contribution < -0.4 is 10.3 Å². The van der Waals surface area contributed by atoms with Crippen molar-refractivity contribution in [3.05, 3.63) is 93.9 Å². The second-order valence-electron chi connectivity index (χ2n) is 9.36. The van der Waals surface area contributed by atoms with Crippen LogP contribution in [-0.2, 0) is 13.6 Å². The number of carbonyl (C=O) groups excluding carboxylic acids is 1. The number of hydrogen-bond acceptors (Lipinski definition) is 6. The highest BCUT2D eigenvalue weighted by molar-refractivity contribution is 5.91. The van der Waals surface area contributed by atoms with E-state index in [1.807, 2.05) is 50.2 Å². The molecule has 1 amide bonds. The highest BCUT2D eigenvalue weighted by Crippen LogP contribution is 2.20. The van der Waals surface area contributed by atoms with Crippen LogP contribution >= 0.6 is 0 Å². The second kappa shape index (κ2) is 11.9. The lowest BCUT2D eigenvalue weighted by Gasteiger charge is -2.25. The van der Waals surface area contributed by atoms with E-state index in [2.05, 4.69) is 9.88 Å². The van der Waals surface area contributed by atoms with Crippen molar-refractivity contribution in [2.75, 3.05) is 33.3 Å². The van der Waals surface area contributed by atoms with Gasteiger partial charge in [0.25, 0.3) is 11.5 Å². The molecule has 8 nitrogen and oxygen atoms in total. The molecule has 0 aliphatic rings. The van der Waals surface area contributed by atoms with Crippen molar-refractivity contribution in [3.8, 4) is 5.75 Å². The number of pyridine rings is 2. The van der Waals surface area contributed by atoms with E-state index in [1.54, 1.807) is 48.1 Å². The minimum absolute atomic E-state index is 0.0304. The Bertz CT molecular complexity index is 1390. The number of benzene rings is 1. The Morgan fingerprint density at radius 1 is 1.03 bits per heavy atom. The number of fused-ring (bicyclic) bond motifs is 1. The topological polar surface area (TPSA) is 80.8 Å². The first-order valence-corrected chi connectivity index (χ1v) is 12.5. The predicted octanol–water partition coefficient (Wildman–Crippen LogP) is 4.19. The van der Waals surface area contributed by atoms with Gasteiger partial charge < -0.3 is 18.6 Å². The standard InChI is InChI=1S/C29H34N4O4/c1-21-18-27(37-22(21)2)29(35)31(3)15-16-33(20-23-10-12-30-13-11-23)14-5-17-36-25-7-8-26-24(19-25)6-9-28(34)32(26)4/h6-13,18-19H,5,14-17,20H2,1-4H3. The molecule has 4 aromatic rings. The first-order valence-electron chi connectivity index (χ1n) is 12.5. The van der Waals surface area contributed by atoms with E-state index in [-0.39, 0.29) is 11.5 Å². The van der Waals surface area contributed by atoms with E-state index in [1.165, 1.54) is 5.56 Å². The van der Waals surface area contributed by atoms with E-state index in [9.17, 15) is 9.59 Å². The van der Waals surface area contributed by atoms with Gasteiger partial charge in [-0.1, -0.05) is 0 Å². The van der Waals surface area contributed by atoms with Crippen molar-refractivity contribution >= 4 is 16.8 Å². The number of carbonyl (C=O) groups is 1. The number of aromatic nitrogens is 2. The number of aryl methyl sites for hydroxylation is 3. The molecule has 0 N–H and O–H groups in total. The van der Waals surface area contributed by atoms with E-state index < -0.39 is 0 Å². The number of amides is 1. The van der Waals surface area contributed by atoms with Gasteiger partial charge >= 0.3 is 0 Å². The Kier molecular flexibility index (Phi) is 8.40. The Labute approximate surface area is 217 Å². The average molecular weight is 503 g/mol. The average Bonchev–Trinajstić information content (AvgIpc) is 3.24. The molecule has 0 radical (unpaired) electrons. The molecule has 0 aliphatic heterocycles. The Morgan fingerprint density at radius 3 is 2.54 bits per heavy atom. The van der Waals surface area contributed by atoms with Crippen molar-refractivity contribution in [1.29, 1.82) is 0 Å². The number of likely N-dealkylation sites (N-methyl/N-ethyl adjacent to an activating group) is 1. The Balaban J connectivity index is 1.33. The highest BCUT2D eigenvalue weighted by atomic mass is 16.5. The van der Waals surface area contributed by atoms with Crippen molar-refractivity contribution < 1.29 is 13.9 Å². The number of nitrogens with zero attached hydrogens (tertiary/aromatic N) is 4. The molecule has 8 heteroatoms. The molecule has 1 aromatic carbocycles. The molecule has 0 fully saturated rings. The van der Waals surface area contributed by atoms with Gasteiger partial charge in [0.05, 0.1) is 12.1 Å². The quantitative estimate of drug-likeness (QED) is 0.286. The van der Waals surface area contributed by atoms with Crippen LogP contribution in [-0.4, -0.2) is 58.5 Å². The molecule has 194 valence electrons. The lowest BCUT2D eigenvalue weighted by Crippen LogP contribution is -2.36. The van der Waals surface area contributed by atoms with E-state index in [0.717, 1.165) is 47.5 Å². The minimum Gasteiger partial charge on any atom is -0.494 e. The molecule has 3 aromatic heterocycles. The molecular formula is C29H34N4O4. The maximum atomic E-state index is 12.8.